The molecular weight excluding hydrogens is 453 g/mol. The van der Waals surface area contributed by atoms with Gasteiger partial charge < -0.3 is 15.6 Å². The van der Waals surface area contributed by atoms with Crippen LogP contribution in [0.1, 0.15) is 10.6 Å². The van der Waals surface area contributed by atoms with E-state index in [1.807, 2.05) is 25.1 Å². The minimum Gasteiger partial charge on any atom is -0.359 e. The highest BCUT2D eigenvalue weighted by Crippen LogP contribution is 2.34. The summed E-state index contributed by atoms with van der Waals surface area (Å²) in [6, 6.07) is 10.1. The molecule has 2 aromatic heterocycles. The molecule has 0 aliphatic rings. The number of nitrogens with zero attached hydrogens (tertiary/aromatic N) is 1. The lowest BCUT2D eigenvalue weighted by Crippen LogP contribution is -2.35. The van der Waals surface area contributed by atoms with Crippen molar-refractivity contribution in [2.24, 2.45) is 0 Å². The summed E-state index contributed by atoms with van der Waals surface area (Å²) in [6.07, 6.45) is -0.978. The van der Waals surface area contributed by atoms with Gasteiger partial charge in [-0.25, -0.2) is 4.98 Å². The van der Waals surface area contributed by atoms with Crippen LogP contribution in [0.3, 0.4) is 0 Å². The monoisotopic (exact) mass is 468 g/mol. The number of rotatable bonds is 5. The first-order valence-corrected chi connectivity index (χ1v) is 10.6. The van der Waals surface area contributed by atoms with Crippen LogP contribution in [0, 0.1) is 6.92 Å². The van der Waals surface area contributed by atoms with Gasteiger partial charge >= 0.3 is 6.18 Å². The third kappa shape index (κ3) is 3.78. The van der Waals surface area contributed by atoms with E-state index in [1.54, 1.807) is 23.7 Å². The van der Waals surface area contributed by atoms with Crippen molar-refractivity contribution in [3.05, 3.63) is 85.9 Å². The fraction of sp³-hybridized carbons (Fsp3) is 0.0870. The van der Waals surface area contributed by atoms with Gasteiger partial charge in [0.1, 0.15) is 11.4 Å². The van der Waals surface area contributed by atoms with Gasteiger partial charge in [-0.2, -0.15) is 13.2 Å². The lowest BCUT2D eigenvalue weighted by atomic mass is 10.1. The van der Waals surface area contributed by atoms with Crippen LogP contribution in [-0.2, 0) is 6.18 Å². The molecule has 0 radical (unpaired) electrons. The van der Waals surface area contributed by atoms with Crippen LogP contribution >= 0.6 is 11.3 Å². The highest BCUT2D eigenvalue weighted by atomic mass is 32.1. The lowest BCUT2D eigenvalue weighted by Gasteiger charge is -2.15. The summed E-state index contributed by atoms with van der Waals surface area (Å²) in [5, 5.41) is 7.50. The van der Waals surface area contributed by atoms with Crippen molar-refractivity contribution in [1.29, 1.82) is 0 Å². The average Bonchev–Trinajstić information content (AvgIpc) is 3.41. The molecule has 0 amide bonds. The number of thiazole rings is 1. The van der Waals surface area contributed by atoms with Crippen LogP contribution in [0.5, 0.6) is 0 Å². The Balaban J connectivity index is 1.44. The first kappa shape index (κ1) is 21.0. The predicted octanol–water partition coefficient (Wildman–Crippen LogP) is 5.70. The molecule has 166 valence electrons. The van der Waals surface area contributed by atoms with E-state index in [2.05, 4.69) is 20.6 Å². The zero-order chi connectivity index (χ0) is 23.3. The summed E-state index contributed by atoms with van der Waals surface area (Å²) in [6.45, 7) is 1.92. The Labute approximate surface area is 188 Å². The highest BCUT2D eigenvalue weighted by molar-refractivity contribution is 7.15. The van der Waals surface area contributed by atoms with Gasteiger partial charge in [0.15, 0.2) is 0 Å². The number of halogens is 3. The molecule has 6 nitrogen and oxygen atoms in total. The second kappa shape index (κ2) is 7.59. The molecule has 0 saturated carbocycles. The molecule has 0 atom stereocenters. The second-order valence-electron chi connectivity index (χ2n) is 7.44. The maximum atomic E-state index is 12.8. The van der Waals surface area contributed by atoms with Crippen LogP contribution in [0.15, 0.2) is 64.4 Å². The van der Waals surface area contributed by atoms with Crippen molar-refractivity contribution in [1.82, 2.24) is 9.97 Å². The van der Waals surface area contributed by atoms with E-state index < -0.39 is 22.6 Å². The normalized spacial score (nSPS) is 11.9. The zero-order valence-corrected chi connectivity index (χ0v) is 17.8. The number of fused-ring (bicyclic) bond motifs is 1. The van der Waals surface area contributed by atoms with Gasteiger partial charge in [-0.15, -0.1) is 11.3 Å². The van der Waals surface area contributed by atoms with Crippen molar-refractivity contribution in [2.75, 3.05) is 10.6 Å². The summed E-state index contributed by atoms with van der Waals surface area (Å²) in [5.74, 6) is 0. The van der Waals surface area contributed by atoms with Gasteiger partial charge in [0.05, 0.1) is 21.1 Å². The lowest BCUT2D eigenvalue weighted by molar-refractivity contribution is -0.137. The molecule has 10 heteroatoms. The van der Waals surface area contributed by atoms with Gasteiger partial charge in [0.25, 0.3) is 10.9 Å². The molecule has 0 unspecified atom stereocenters. The molecule has 0 saturated heterocycles. The minimum atomic E-state index is -4.46. The van der Waals surface area contributed by atoms with E-state index >= 15 is 0 Å². The fourth-order valence-electron chi connectivity index (χ4n) is 3.52. The number of aromatic amines is 1. The topological polar surface area (TPSA) is 86.9 Å². The summed E-state index contributed by atoms with van der Waals surface area (Å²) in [4.78, 5) is 32.8. The quantitative estimate of drug-likeness (QED) is 0.288. The number of hydrogen-bond acceptors (Lipinski definition) is 6. The minimum absolute atomic E-state index is 0.00310. The molecule has 5 aromatic rings. The van der Waals surface area contributed by atoms with E-state index in [0.29, 0.717) is 5.69 Å². The Hall–Kier alpha value is -3.92. The Morgan fingerprint density at radius 3 is 2.30 bits per heavy atom. The fourth-order valence-corrected chi connectivity index (χ4v) is 4.30. The second-order valence-corrected chi connectivity index (χ2v) is 8.67. The third-order valence-corrected chi connectivity index (χ3v) is 6.20. The Morgan fingerprint density at radius 2 is 1.67 bits per heavy atom. The average molecular weight is 468 g/mol. The Bertz CT molecular complexity index is 1560. The number of alkyl halides is 3. The molecule has 3 N–H and O–H groups in total. The van der Waals surface area contributed by atoms with Gasteiger partial charge in [-0.3, -0.25) is 9.59 Å². The molecule has 0 aliphatic heterocycles. The zero-order valence-electron chi connectivity index (χ0n) is 17.0. The number of nitrogens with one attached hydrogen (secondary N) is 3. The molecule has 3 aromatic carbocycles. The van der Waals surface area contributed by atoms with E-state index in [9.17, 15) is 22.8 Å². The van der Waals surface area contributed by atoms with E-state index in [-0.39, 0.29) is 17.1 Å². The maximum Gasteiger partial charge on any atom is 0.416 e. The Morgan fingerprint density at radius 1 is 0.970 bits per heavy atom. The van der Waals surface area contributed by atoms with E-state index in [4.69, 9.17) is 0 Å². The maximum absolute atomic E-state index is 12.8. The van der Waals surface area contributed by atoms with Crippen LogP contribution in [0.25, 0.3) is 21.3 Å². The highest BCUT2D eigenvalue weighted by Gasteiger charge is 2.30. The molecule has 0 spiro atoms. The van der Waals surface area contributed by atoms with Gasteiger partial charge in [0.2, 0.25) is 0 Å². The molecule has 5 rings (SSSR count). The van der Waals surface area contributed by atoms with Crippen molar-refractivity contribution >= 4 is 45.0 Å². The summed E-state index contributed by atoms with van der Waals surface area (Å²) in [7, 11) is 0. The number of H-pyrrole nitrogens is 1. The van der Waals surface area contributed by atoms with Crippen molar-refractivity contribution in [2.45, 2.75) is 13.1 Å². The number of hydrogen-bond donors (Lipinski definition) is 3. The summed E-state index contributed by atoms with van der Waals surface area (Å²) in [5.41, 5.74) is 0.467. The largest absolute Gasteiger partial charge is 0.416 e. The molecule has 33 heavy (non-hydrogen) atoms. The third-order valence-electron chi connectivity index (χ3n) is 5.24. The number of benzene rings is 2. The number of aromatic nitrogens is 2. The molecule has 0 bridgehead atoms. The van der Waals surface area contributed by atoms with Crippen molar-refractivity contribution in [3.8, 4) is 10.4 Å². The van der Waals surface area contributed by atoms with E-state index in [0.717, 1.165) is 38.5 Å². The number of anilines is 4. The first-order chi connectivity index (χ1) is 15.7. The summed E-state index contributed by atoms with van der Waals surface area (Å²) >= 11 is 1.56. The SMILES string of the molecule is Cc1ncc(-c2ccc3[nH]cc(Nc4c(Nc5ccc(C(F)(F)F)cc5)c(=O)c4=O)c3c2)s1. The molecule has 0 fully saturated rings. The van der Waals surface area contributed by atoms with E-state index in [1.165, 1.54) is 12.1 Å². The van der Waals surface area contributed by atoms with Crippen LogP contribution in [-0.4, -0.2) is 9.97 Å². The summed E-state index contributed by atoms with van der Waals surface area (Å²) < 4.78 is 38.3. The van der Waals surface area contributed by atoms with Gasteiger partial charge in [0, 0.05) is 29.0 Å². The van der Waals surface area contributed by atoms with Crippen molar-refractivity contribution in [3.63, 3.8) is 0 Å². The predicted molar refractivity (Wildman–Crippen MR) is 124 cm³/mol. The smallest absolute Gasteiger partial charge is 0.359 e. The molecule has 2 heterocycles. The first-order valence-electron chi connectivity index (χ1n) is 9.79. The van der Waals surface area contributed by atoms with Crippen LogP contribution < -0.4 is 21.5 Å². The molecule has 0 aliphatic carbocycles. The number of aryl methyl sites for hydroxylation is 1. The molecular formula is C23H15F3N4O2S. The van der Waals surface area contributed by atoms with Crippen LogP contribution in [0.2, 0.25) is 0 Å². The van der Waals surface area contributed by atoms with Crippen molar-refractivity contribution < 1.29 is 13.2 Å². The standard InChI is InChI=1S/C23H15F3N4O2S/c1-11-27-10-18(33-11)12-2-7-16-15(8-12)17(9-28-16)30-20-19(21(31)22(20)32)29-14-5-3-13(4-6-14)23(24,25)26/h2-10,28-30H,1H3. The Kier molecular flexibility index (Phi) is 4.82. The van der Waals surface area contributed by atoms with Crippen LogP contribution in [0.4, 0.5) is 35.9 Å². The van der Waals surface area contributed by atoms with Gasteiger partial charge in [-0.1, -0.05) is 6.07 Å². The van der Waals surface area contributed by atoms with Gasteiger partial charge in [-0.05, 0) is 48.9 Å².